The lowest BCUT2D eigenvalue weighted by Gasteiger charge is -2.37. The van der Waals surface area contributed by atoms with Gasteiger partial charge in [0.25, 0.3) is 0 Å². The Kier molecular flexibility index (Phi) is 2.00. The first-order valence-corrected chi connectivity index (χ1v) is 4.98. The van der Waals surface area contributed by atoms with Crippen LogP contribution in [0.3, 0.4) is 0 Å². The summed E-state index contributed by atoms with van der Waals surface area (Å²) < 4.78 is 1.25. The van der Waals surface area contributed by atoms with Gasteiger partial charge in [-0.25, -0.2) is 0 Å². The van der Waals surface area contributed by atoms with Gasteiger partial charge in [-0.2, -0.15) is 0 Å². The maximum absolute atomic E-state index is 5.23. The Hall–Kier alpha value is 0.240. The topological polar surface area (TPSA) is 3.24 Å². The van der Waals surface area contributed by atoms with Crippen molar-refractivity contribution in [1.82, 2.24) is 4.90 Å². The number of rotatable bonds is 0. The highest BCUT2D eigenvalue weighted by Crippen LogP contribution is 2.47. The largest absolute Gasteiger partial charge is 0.354 e. The molecule has 0 spiro atoms. The number of hydrogen-bond acceptors (Lipinski definition) is 2. The summed E-state index contributed by atoms with van der Waals surface area (Å²) in [4.78, 5) is 2.19. The third-order valence-corrected chi connectivity index (χ3v) is 4.91. The van der Waals surface area contributed by atoms with Crippen LogP contribution in [-0.4, -0.2) is 26.6 Å². The van der Waals surface area contributed by atoms with Crippen molar-refractivity contribution >= 4 is 28.3 Å². The van der Waals surface area contributed by atoms with E-state index in [9.17, 15) is 0 Å². The van der Waals surface area contributed by atoms with Gasteiger partial charge >= 0.3 is 0 Å². The van der Waals surface area contributed by atoms with Gasteiger partial charge in [0.15, 0.2) is 0 Å². The Morgan fingerprint density at radius 2 is 1.73 bits per heavy atom. The molecule has 0 bridgehead atoms. The van der Waals surface area contributed by atoms with Crippen LogP contribution in [-0.2, 0) is 0 Å². The first kappa shape index (κ1) is 9.33. The van der Waals surface area contributed by atoms with Crippen LogP contribution in [0.2, 0.25) is 0 Å². The van der Waals surface area contributed by atoms with Gasteiger partial charge in [0.05, 0.1) is 5.54 Å². The molecule has 0 aromatic carbocycles. The first-order valence-electron chi connectivity index (χ1n) is 3.76. The monoisotopic (exact) mass is 189 g/mol. The standard InChI is InChI=1S/C8H15NS2/c1-7(2)8(3,4)11-6(10)9(7)5/h1-5H3. The highest BCUT2D eigenvalue weighted by molar-refractivity contribution is 8.24. The van der Waals surface area contributed by atoms with E-state index in [2.05, 4.69) is 39.6 Å². The number of thioether (sulfide) groups is 1. The summed E-state index contributed by atoms with van der Waals surface area (Å²) in [7, 11) is 2.07. The SMILES string of the molecule is CN1C(=S)SC(C)(C)C1(C)C. The third kappa shape index (κ3) is 1.18. The molecule has 11 heavy (non-hydrogen) atoms. The van der Waals surface area contributed by atoms with Crippen molar-refractivity contribution in [2.24, 2.45) is 0 Å². The van der Waals surface area contributed by atoms with Crippen LogP contribution in [0.5, 0.6) is 0 Å². The summed E-state index contributed by atoms with van der Waals surface area (Å²) in [6, 6.07) is 0. The minimum Gasteiger partial charge on any atom is -0.354 e. The van der Waals surface area contributed by atoms with Gasteiger partial charge < -0.3 is 4.90 Å². The van der Waals surface area contributed by atoms with Gasteiger partial charge in [-0.15, -0.1) is 0 Å². The Morgan fingerprint density at radius 1 is 1.27 bits per heavy atom. The molecule has 0 atom stereocenters. The van der Waals surface area contributed by atoms with E-state index in [1.165, 1.54) is 0 Å². The average molecular weight is 189 g/mol. The van der Waals surface area contributed by atoms with Gasteiger partial charge in [0, 0.05) is 11.8 Å². The van der Waals surface area contributed by atoms with Crippen molar-refractivity contribution in [2.75, 3.05) is 7.05 Å². The molecule has 0 aromatic rings. The van der Waals surface area contributed by atoms with E-state index in [4.69, 9.17) is 12.2 Å². The molecule has 0 amide bonds. The summed E-state index contributed by atoms with van der Waals surface area (Å²) in [5.41, 5.74) is 0.175. The zero-order chi connectivity index (χ0) is 8.86. The van der Waals surface area contributed by atoms with Gasteiger partial charge in [0.1, 0.15) is 4.32 Å². The van der Waals surface area contributed by atoms with Crippen molar-refractivity contribution in [3.63, 3.8) is 0 Å². The lowest BCUT2D eigenvalue weighted by molar-refractivity contribution is 0.225. The second-order valence-corrected chi connectivity index (χ2v) is 6.25. The predicted octanol–water partition coefficient (Wildman–Crippen LogP) is 2.51. The first-order chi connectivity index (χ1) is 4.79. The van der Waals surface area contributed by atoms with Crippen molar-refractivity contribution in [3.8, 4) is 0 Å². The predicted molar refractivity (Wildman–Crippen MR) is 56.1 cm³/mol. The van der Waals surface area contributed by atoms with E-state index in [-0.39, 0.29) is 10.3 Å². The fraction of sp³-hybridized carbons (Fsp3) is 0.875. The molecule has 0 radical (unpaired) electrons. The lowest BCUT2D eigenvalue weighted by atomic mass is 9.89. The van der Waals surface area contributed by atoms with Crippen LogP contribution in [0.25, 0.3) is 0 Å². The van der Waals surface area contributed by atoms with Crippen LogP contribution >= 0.6 is 24.0 Å². The molecule has 1 heterocycles. The molecule has 3 heteroatoms. The molecule has 0 unspecified atom stereocenters. The molecule has 1 saturated heterocycles. The fourth-order valence-corrected chi connectivity index (χ4v) is 3.09. The van der Waals surface area contributed by atoms with E-state index in [1.54, 1.807) is 11.8 Å². The Labute approximate surface area is 78.5 Å². The van der Waals surface area contributed by atoms with E-state index >= 15 is 0 Å². The van der Waals surface area contributed by atoms with Gasteiger partial charge in [-0.05, 0) is 27.7 Å². The molecule has 1 fully saturated rings. The molecule has 1 nitrogen and oxygen atoms in total. The van der Waals surface area contributed by atoms with Crippen LogP contribution in [0, 0.1) is 0 Å². The molecule has 1 aliphatic heterocycles. The maximum Gasteiger partial charge on any atom is 0.137 e. The van der Waals surface area contributed by atoms with Crippen LogP contribution in [0.1, 0.15) is 27.7 Å². The molecule has 0 saturated carbocycles. The Morgan fingerprint density at radius 3 is 1.82 bits per heavy atom. The van der Waals surface area contributed by atoms with Crippen molar-refractivity contribution in [1.29, 1.82) is 0 Å². The maximum atomic E-state index is 5.23. The molecule has 0 aromatic heterocycles. The van der Waals surface area contributed by atoms with Crippen molar-refractivity contribution < 1.29 is 0 Å². The van der Waals surface area contributed by atoms with Gasteiger partial charge in [0.2, 0.25) is 0 Å². The summed E-state index contributed by atoms with van der Waals surface area (Å²) in [6.07, 6.45) is 0. The Balaban J connectivity index is 3.01. The molecule has 1 aliphatic rings. The summed E-state index contributed by atoms with van der Waals surface area (Å²) in [6.45, 7) is 8.96. The van der Waals surface area contributed by atoms with E-state index in [0.717, 1.165) is 4.32 Å². The van der Waals surface area contributed by atoms with E-state index in [1.807, 2.05) is 0 Å². The molecular weight excluding hydrogens is 174 g/mol. The highest BCUT2D eigenvalue weighted by atomic mass is 32.2. The lowest BCUT2D eigenvalue weighted by Crippen LogP contribution is -2.48. The number of nitrogens with zero attached hydrogens (tertiary/aromatic N) is 1. The van der Waals surface area contributed by atoms with Crippen molar-refractivity contribution in [3.05, 3.63) is 0 Å². The van der Waals surface area contributed by atoms with E-state index in [0.29, 0.717) is 0 Å². The number of thiocarbonyl (C=S) groups is 1. The Bertz CT molecular complexity index is 196. The molecule has 0 N–H and O–H groups in total. The zero-order valence-corrected chi connectivity index (χ0v) is 9.40. The number of hydrogen-bond donors (Lipinski definition) is 0. The molecular formula is C8H15NS2. The normalized spacial score (nSPS) is 27.7. The summed E-state index contributed by atoms with van der Waals surface area (Å²) in [5, 5.41) is 0. The van der Waals surface area contributed by atoms with Crippen molar-refractivity contribution in [2.45, 2.75) is 38.0 Å². The smallest absolute Gasteiger partial charge is 0.137 e. The van der Waals surface area contributed by atoms with Crippen LogP contribution < -0.4 is 0 Å². The summed E-state index contributed by atoms with van der Waals surface area (Å²) in [5.74, 6) is 0. The molecule has 64 valence electrons. The minimum absolute atomic E-state index is 0.175. The van der Waals surface area contributed by atoms with E-state index < -0.39 is 0 Å². The van der Waals surface area contributed by atoms with Crippen LogP contribution in [0.4, 0.5) is 0 Å². The minimum atomic E-state index is 0.175. The van der Waals surface area contributed by atoms with Gasteiger partial charge in [-0.1, -0.05) is 24.0 Å². The second kappa shape index (κ2) is 2.36. The fourth-order valence-electron chi connectivity index (χ4n) is 1.04. The molecule has 1 rings (SSSR count). The highest BCUT2D eigenvalue weighted by Gasteiger charge is 2.48. The summed E-state index contributed by atoms with van der Waals surface area (Å²) >= 11 is 7.02. The second-order valence-electron chi connectivity index (χ2n) is 4.00. The average Bonchev–Trinajstić information content (AvgIpc) is 1.93. The third-order valence-electron chi connectivity index (χ3n) is 2.93. The quantitative estimate of drug-likeness (QED) is 0.539. The van der Waals surface area contributed by atoms with Crippen LogP contribution in [0.15, 0.2) is 0 Å². The van der Waals surface area contributed by atoms with Gasteiger partial charge in [-0.3, -0.25) is 0 Å². The zero-order valence-electron chi connectivity index (χ0n) is 7.76. The molecule has 0 aliphatic carbocycles.